The Hall–Kier alpha value is -1.83. The second-order valence-corrected chi connectivity index (χ2v) is 3.85. The zero-order chi connectivity index (χ0) is 11.5. The SMILES string of the molecule is COc1ccc(-c2ncccc2C)cc1C. The molecule has 0 aliphatic carbocycles. The quantitative estimate of drug-likeness (QED) is 0.763. The number of methoxy groups -OCH3 is 1. The number of hydrogen-bond acceptors (Lipinski definition) is 2. The molecular weight excluding hydrogens is 198 g/mol. The van der Waals surface area contributed by atoms with Gasteiger partial charge in [0.1, 0.15) is 5.75 Å². The van der Waals surface area contributed by atoms with Crippen molar-refractivity contribution in [2.45, 2.75) is 13.8 Å². The standard InChI is InChI=1S/C14H15NO/c1-10-5-4-8-15-14(10)12-6-7-13(16-3)11(2)9-12/h4-9H,1-3H3. The minimum atomic E-state index is 0.914. The Morgan fingerprint density at radius 1 is 1.06 bits per heavy atom. The molecule has 2 nitrogen and oxygen atoms in total. The summed E-state index contributed by atoms with van der Waals surface area (Å²) in [6.45, 7) is 4.11. The fraction of sp³-hybridized carbons (Fsp3) is 0.214. The van der Waals surface area contributed by atoms with Crippen LogP contribution < -0.4 is 4.74 Å². The van der Waals surface area contributed by atoms with Gasteiger partial charge in [-0.15, -0.1) is 0 Å². The van der Waals surface area contributed by atoms with Gasteiger partial charge >= 0.3 is 0 Å². The zero-order valence-corrected chi connectivity index (χ0v) is 9.82. The first-order valence-electron chi connectivity index (χ1n) is 5.29. The predicted octanol–water partition coefficient (Wildman–Crippen LogP) is 3.37. The van der Waals surface area contributed by atoms with Crippen molar-refractivity contribution in [3.8, 4) is 17.0 Å². The van der Waals surface area contributed by atoms with Gasteiger partial charge in [-0.05, 0) is 49.2 Å². The molecule has 0 radical (unpaired) electrons. The first-order valence-corrected chi connectivity index (χ1v) is 5.29. The molecule has 1 aromatic carbocycles. The number of aromatic nitrogens is 1. The summed E-state index contributed by atoms with van der Waals surface area (Å²) in [5, 5.41) is 0. The molecule has 0 aliphatic heterocycles. The van der Waals surface area contributed by atoms with Gasteiger partial charge in [0.05, 0.1) is 12.8 Å². The van der Waals surface area contributed by atoms with E-state index < -0.39 is 0 Å². The van der Waals surface area contributed by atoms with Crippen molar-refractivity contribution < 1.29 is 4.74 Å². The molecule has 0 atom stereocenters. The van der Waals surface area contributed by atoms with Gasteiger partial charge in [0.25, 0.3) is 0 Å². The van der Waals surface area contributed by atoms with Crippen LogP contribution in [0.15, 0.2) is 36.5 Å². The van der Waals surface area contributed by atoms with Gasteiger partial charge in [0.15, 0.2) is 0 Å². The lowest BCUT2D eigenvalue weighted by Gasteiger charge is -2.08. The normalized spacial score (nSPS) is 10.2. The molecule has 0 fully saturated rings. The van der Waals surface area contributed by atoms with Crippen LogP contribution in [-0.2, 0) is 0 Å². The molecular formula is C14H15NO. The fourth-order valence-corrected chi connectivity index (χ4v) is 1.81. The molecule has 2 heteroatoms. The Morgan fingerprint density at radius 3 is 2.50 bits per heavy atom. The average molecular weight is 213 g/mol. The number of pyridine rings is 1. The molecule has 16 heavy (non-hydrogen) atoms. The van der Waals surface area contributed by atoms with E-state index in [1.165, 1.54) is 5.56 Å². The maximum absolute atomic E-state index is 5.25. The van der Waals surface area contributed by atoms with Gasteiger partial charge < -0.3 is 4.74 Å². The van der Waals surface area contributed by atoms with E-state index in [0.717, 1.165) is 22.6 Å². The van der Waals surface area contributed by atoms with Crippen LogP contribution in [0.25, 0.3) is 11.3 Å². The van der Waals surface area contributed by atoms with Crippen LogP contribution in [0.2, 0.25) is 0 Å². The van der Waals surface area contributed by atoms with E-state index >= 15 is 0 Å². The maximum atomic E-state index is 5.25. The average Bonchev–Trinajstić information content (AvgIpc) is 2.29. The Labute approximate surface area is 95.9 Å². The molecule has 0 N–H and O–H groups in total. The summed E-state index contributed by atoms with van der Waals surface area (Å²) >= 11 is 0. The molecule has 0 unspecified atom stereocenters. The largest absolute Gasteiger partial charge is 0.496 e. The van der Waals surface area contributed by atoms with Crippen LogP contribution in [0.3, 0.4) is 0 Å². The van der Waals surface area contributed by atoms with Gasteiger partial charge in [0, 0.05) is 11.8 Å². The molecule has 1 aromatic heterocycles. The molecule has 0 aliphatic rings. The van der Waals surface area contributed by atoms with Crippen LogP contribution in [0.4, 0.5) is 0 Å². The van der Waals surface area contributed by atoms with Crippen molar-refractivity contribution in [1.82, 2.24) is 4.98 Å². The van der Waals surface area contributed by atoms with E-state index in [1.54, 1.807) is 7.11 Å². The van der Waals surface area contributed by atoms with Crippen molar-refractivity contribution in [3.63, 3.8) is 0 Å². The lowest BCUT2D eigenvalue weighted by Crippen LogP contribution is -1.90. The third-order valence-electron chi connectivity index (χ3n) is 2.68. The second kappa shape index (κ2) is 4.35. The third-order valence-corrected chi connectivity index (χ3v) is 2.68. The van der Waals surface area contributed by atoms with Crippen molar-refractivity contribution in [2.24, 2.45) is 0 Å². The molecule has 0 amide bonds. The van der Waals surface area contributed by atoms with E-state index in [1.807, 2.05) is 31.3 Å². The number of hydrogen-bond donors (Lipinski definition) is 0. The van der Waals surface area contributed by atoms with Gasteiger partial charge in [-0.2, -0.15) is 0 Å². The Morgan fingerprint density at radius 2 is 1.88 bits per heavy atom. The van der Waals surface area contributed by atoms with Crippen LogP contribution >= 0.6 is 0 Å². The summed E-state index contributed by atoms with van der Waals surface area (Å²) in [6, 6.07) is 10.2. The van der Waals surface area contributed by atoms with E-state index in [4.69, 9.17) is 4.74 Å². The monoisotopic (exact) mass is 213 g/mol. The predicted molar refractivity (Wildman–Crippen MR) is 65.7 cm³/mol. The molecule has 0 saturated heterocycles. The summed E-state index contributed by atoms with van der Waals surface area (Å²) in [4.78, 5) is 4.40. The molecule has 0 saturated carbocycles. The lowest BCUT2D eigenvalue weighted by molar-refractivity contribution is 0.412. The number of benzene rings is 1. The summed E-state index contributed by atoms with van der Waals surface area (Å²) < 4.78 is 5.25. The highest BCUT2D eigenvalue weighted by Gasteiger charge is 2.05. The Kier molecular flexibility index (Phi) is 2.91. The fourth-order valence-electron chi connectivity index (χ4n) is 1.81. The van der Waals surface area contributed by atoms with Crippen molar-refractivity contribution >= 4 is 0 Å². The second-order valence-electron chi connectivity index (χ2n) is 3.85. The van der Waals surface area contributed by atoms with E-state index in [2.05, 4.69) is 24.0 Å². The Bertz CT molecular complexity index is 506. The van der Waals surface area contributed by atoms with E-state index in [-0.39, 0.29) is 0 Å². The van der Waals surface area contributed by atoms with E-state index in [0.29, 0.717) is 0 Å². The first kappa shape index (κ1) is 10.7. The third kappa shape index (κ3) is 1.91. The van der Waals surface area contributed by atoms with E-state index in [9.17, 15) is 0 Å². The van der Waals surface area contributed by atoms with Gasteiger partial charge in [-0.25, -0.2) is 0 Å². The highest BCUT2D eigenvalue weighted by molar-refractivity contribution is 5.64. The van der Waals surface area contributed by atoms with Crippen molar-refractivity contribution in [3.05, 3.63) is 47.7 Å². The van der Waals surface area contributed by atoms with Crippen molar-refractivity contribution in [2.75, 3.05) is 7.11 Å². The maximum Gasteiger partial charge on any atom is 0.121 e. The van der Waals surface area contributed by atoms with Gasteiger partial charge in [-0.1, -0.05) is 6.07 Å². The summed E-state index contributed by atoms with van der Waals surface area (Å²) in [5.74, 6) is 0.914. The lowest BCUT2D eigenvalue weighted by atomic mass is 10.0. The van der Waals surface area contributed by atoms with Crippen molar-refractivity contribution in [1.29, 1.82) is 0 Å². The molecule has 0 bridgehead atoms. The zero-order valence-electron chi connectivity index (χ0n) is 9.82. The van der Waals surface area contributed by atoms with Gasteiger partial charge in [-0.3, -0.25) is 4.98 Å². The molecule has 2 rings (SSSR count). The number of aryl methyl sites for hydroxylation is 2. The minimum absolute atomic E-state index is 0.914. The van der Waals surface area contributed by atoms with Crippen LogP contribution in [-0.4, -0.2) is 12.1 Å². The van der Waals surface area contributed by atoms with Crippen LogP contribution in [0.5, 0.6) is 5.75 Å². The van der Waals surface area contributed by atoms with Gasteiger partial charge in [0.2, 0.25) is 0 Å². The first-order chi connectivity index (χ1) is 7.72. The topological polar surface area (TPSA) is 22.1 Å². The highest BCUT2D eigenvalue weighted by Crippen LogP contribution is 2.26. The smallest absolute Gasteiger partial charge is 0.121 e. The molecule has 82 valence electrons. The minimum Gasteiger partial charge on any atom is -0.496 e. The number of rotatable bonds is 2. The number of nitrogens with zero attached hydrogens (tertiary/aromatic N) is 1. The Balaban J connectivity index is 2.50. The summed E-state index contributed by atoms with van der Waals surface area (Å²) in [6.07, 6.45) is 1.82. The van der Waals surface area contributed by atoms with Crippen LogP contribution in [0.1, 0.15) is 11.1 Å². The summed E-state index contributed by atoms with van der Waals surface area (Å²) in [7, 11) is 1.69. The molecule has 2 aromatic rings. The summed E-state index contributed by atoms with van der Waals surface area (Å²) in [5.41, 5.74) is 4.49. The molecule has 0 spiro atoms. The highest BCUT2D eigenvalue weighted by atomic mass is 16.5. The van der Waals surface area contributed by atoms with Crippen LogP contribution in [0, 0.1) is 13.8 Å². The number of ether oxygens (including phenoxy) is 1. The molecule has 1 heterocycles.